The van der Waals surface area contributed by atoms with Crippen LogP contribution in [0.1, 0.15) is 0 Å². The topological polar surface area (TPSA) is 73.7 Å². The van der Waals surface area contributed by atoms with E-state index in [0.717, 1.165) is 0 Å². The van der Waals surface area contributed by atoms with Crippen molar-refractivity contribution < 1.29 is 14.3 Å². The number of fused-ring (bicyclic) bond motifs is 1. The molecule has 0 aliphatic carbocycles. The molecule has 1 aromatic carbocycles. The minimum atomic E-state index is -0.228. The lowest BCUT2D eigenvalue weighted by Crippen LogP contribution is -2.43. The standard InChI is InChI=1S/C15H17N3O4/c1-21-11-2-3-12-13(8-11)16-10-18(15(12)20)9-14(19)17-4-6-22-7-5-17/h2-3,8,10H,4-7,9H2,1H3. The third kappa shape index (κ3) is 2.80. The molecule has 0 saturated carbocycles. The van der Waals surface area contributed by atoms with Crippen LogP contribution in [0.3, 0.4) is 0 Å². The number of benzene rings is 1. The first-order valence-corrected chi connectivity index (χ1v) is 7.08. The van der Waals surface area contributed by atoms with Gasteiger partial charge in [-0.3, -0.25) is 14.2 Å². The van der Waals surface area contributed by atoms with Gasteiger partial charge < -0.3 is 14.4 Å². The number of carbonyl (C=O) groups is 1. The molecule has 0 spiro atoms. The van der Waals surface area contributed by atoms with Crippen molar-refractivity contribution in [2.24, 2.45) is 0 Å². The first-order valence-electron chi connectivity index (χ1n) is 7.08. The van der Waals surface area contributed by atoms with Gasteiger partial charge in [0.1, 0.15) is 12.3 Å². The fraction of sp³-hybridized carbons (Fsp3) is 0.400. The van der Waals surface area contributed by atoms with E-state index in [4.69, 9.17) is 9.47 Å². The lowest BCUT2D eigenvalue weighted by molar-refractivity contribution is -0.135. The number of hydrogen-bond donors (Lipinski definition) is 0. The number of hydrogen-bond acceptors (Lipinski definition) is 5. The number of morpholine rings is 1. The number of nitrogens with zero attached hydrogens (tertiary/aromatic N) is 3. The molecular formula is C15H17N3O4. The van der Waals surface area contributed by atoms with E-state index in [1.807, 2.05) is 0 Å². The second-order valence-corrected chi connectivity index (χ2v) is 5.05. The van der Waals surface area contributed by atoms with Crippen LogP contribution in [0.5, 0.6) is 5.75 Å². The Hall–Kier alpha value is -2.41. The Morgan fingerprint density at radius 3 is 2.86 bits per heavy atom. The Morgan fingerprint density at radius 2 is 2.14 bits per heavy atom. The predicted molar refractivity (Wildman–Crippen MR) is 80.0 cm³/mol. The summed E-state index contributed by atoms with van der Waals surface area (Å²) in [6.07, 6.45) is 1.41. The first-order chi connectivity index (χ1) is 10.7. The fourth-order valence-electron chi connectivity index (χ4n) is 2.44. The van der Waals surface area contributed by atoms with Gasteiger partial charge in [-0.15, -0.1) is 0 Å². The van der Waals surface area contributed by atoms with Crippen LogP contribution >= 0.6 is 0 Å². The summed E-state index contributed by atoms with van der Waals surface area (Å²) in [5.41, 5.74) is 0.327. The first kappa shape index (κ1) is 14.5. The zero-order valence-electron chi connectivity index (χ0n) is 12.3. The molecule has 7 nitrogen and oxygen atoms in total. The Kier molecular flexibility index (Phi) is 4.06. The highest BCUT2D eigenvalue weighted by Crippen LogP contribution is 2.15. The van der Waals surface area contributed by atoms with Gasteiger partial charge in [-0.1, -0.05) is 0 Å². The number of methoxy groups -OCH3 is 1. The second kappa shape index (κ2) is 6.15. The maximum atomic E-state index is 12.4. The maximum absolute atomic E-state index is 12.4. The summed E-state index contributed by atoms with van der Waals surface area (Å²) < 4.78 is 11.7. The second-order valence-electron chi connectivity index (χ2n) is 5.05. The van der Waals surface area contributed by atoms with Gasteiger partial charge in [0.2, 0.25) is 5.91 Å². The van der Waals surface area contributed by atoms with Crippen molar-refractivity contribution in [1.29, 1.82) is 0 Å². The highest BCUT2D eigenvalue weighted by Gasteiger charge is 2.18. The zero-order valence-corrected chi connectivity index (χ0v) is 12.3. The van der Waals surface area contributed by atoms with E-state index in [1.54, 1.807) is 30.2 Å². The third-order valence-corrected chi connectivity index (χ3v) is 3.70. The minimum absolute atomic E-state index is 0.00615. The molecule has 116 valence electrons. The normalized spacial score (nSPS) is 15.0. The predicted octanol–water partition coefficient (Wildman–Crippen LogP) is 0.264. The smallest absolute Gasteiger partial charge is 0.261 e. The van der Waals surface area contributed by atoms with E-state index >= 15 is 0 Å². The van der Waals surface area contributed by atoms with E-state index in [0.29, 0.717) is 43.0 Å². The fourth-order valence-corrected chi connectivity index (χ4v) is 2.44. The largest absolute Gasteiger partial charge is 0.497 e. The van der Waals surface area contributed by atoms with Crippen molar-refractivity contribution in [1.82, 2.24) is 14.5 Å². The Bertz CT molecular complexity index is 750. The Morgan fingerprint density at radius 1 is 1.36 bits per heavy atom. The average Bonchev–Trinajstić information content (AvgIpc) is 2.57. The van der Waals surface area contributed by atoms with Gasteiger partial charge in [0.25, 0.3) is 5.56 Å². The molecule has 1 saturated heterocycles. The highest BCUT2D eigenvalue weighted by molar-refractivity contribution is 5.80. The minimum Gasteiger partial charge on any atom is -0.497 e. The van der Waals surface area contributed by atoms with E-state index in [9.17, 15) is 9.59 Å². The van der Waals surface area contributed by atoms with Gasteiger partial charge in [-0.2, -0.15) is 0 Å². The molecule has 0 atom stereocenters. The van der Waals surface area contributed by atoms with E-state index in [-0.39, 0.29) is 18.0 Å². The van der Waals surface area contributed by atoms with Crippen molar-refractivity contribution in [2.75, 3.05) is 33.4 Å². The number of amides is 1. The molecule has 3 rings (SSSR count). The van der Waals surface area contributed by atoms with Crippen LogP contribution in [-0.2, 0) is 16.1 Å². The average molecular weight is 303 g/mol. The van der Waals surface area contributed by atoms with E-state index in [2.05, 4.69) is 4.98 Å². The summed E-state index contributed by atoms with van der Waals surface area (Å²) in [5.74, 6) is 0.543. The molecule has 2 heterocycles. The number of rotatable bonds is 3. The maximum Gasteiger partial charge on any atom is 0.261 e. The molecule has 22 heavy (non-hydrogen) atoms. The summed E-state index contributed by atoms with van der Waals surface area (Å²) in [6, 6.07) is 5.07. The van der Waals surface area contributed by atoms with Crippen LogP contribution in [0.2, 0.25) is 0 Å². The van der Waals surface area contributed by atoms with E-state index in [1.165, 1.54) is 10.9 Å². The van der Waals surface area contributed by atoms with Gasteiger partial charge in [-0.25, -0.2) is 4.98 Å². The van der Waals surface area contributed by atoms with Crippen LogP contribution in [-0.4, -0.2) is 53.8 Å². The summed E-state index contributed by atoms with van der Waals surface area (Å²) >= 11 is 0. The molecule has 1 fully saturated rings. The molecule has 1 aliphatic rings. The van der Waals surface area contributed by atoms with Gasteiger partial charge >= 0.3 is 0 Å². The molecule has 1 amide bonds. The van der Waals surface area contributed by atoms with E-state index < -0.39 is 0 Å². The van der Waals surface area contributed by atoms with Crippen molar-refractivity contribution in [3.05, 3.63) is 34.9 Å². The van der Waals surface area contributed by atoms with Crippen molar-refractivity contribution >= 4 is 16.8 Å². The van der Waals surface area contributed by atoms with Crippen LogP contribution < -0.4 is 10.3 Å². The zero-order chi connectivity index (χ0) is 15.5. The van der Waals surface area contributed by atoms with Crippen LogP contribution in [0.15, 0.2) is 29.3 Å². The van der Waals surface area contributed by atoms with Crippen LogP contribution in [0.25, 0.3) is 10.9 Å². The Balaban J connectivity index is 1.86. The monoisotopic (exact) mass is 303 g/mol. The quantitative estimate of drug-likeness (QED) is 0.813. The lowest BCUT2D eigenvalue weighted by atomic mass is 10.2. The molecule has 2 aromatic rings. The summed E-state index contributed by atoms with van der Waals surface area (Å²) in [4.78, 5) is 30.6. The number of ether oxygens (including phenoxy) is 2. The lowest BCUT2D eigenvalue weighted by Gasteiger charge is -2.27. The molecule has 1 aromatic heterocycles. The van der Waals surface area contributed by atoms with Gasteiger partial charge in [0, 0.05) is 19.2 Å². The molecular weight excluding hydrogens is 286 g/mol. The van der Waals surface area contributed by atoms with Crippen molar-refractivity contribution in [3.8, 4) is 5.75 Å². The molecule has 0 bridgehead atoms. The molecule has 0 radical (unpaired) electrons. The van der Waals surface area contributed by atoms with Crippen molar-refractivity contribution in [3.63, 3.8) is 0 Å². The molecule has 1 aliphatic heterocycles. The van der Waals surface area contributed by atoms with Crippen LogP contribution in [0, 0.1) is 0 Å². The molecule has 0 unspecified atom stereocenters. The summed E-state index contributed by atoms with van der Waals surface area (Å²) in [5, 5.41) is 0.470. The number of aromatic nitrogens is 2. The SMILES string of the molecule is COc1ccc2c(=O)n(CC(=O)N3CCOCC3)cnc2c1. The summed E-state index contributed by atoms with van der Waals surface area (Å²) in [6.45, 7) is 2.19. The summed E-state index contributed by atoms with van der Waals surface area (Å²) in [7, 11) is 1.56. The highest BCUT2D eigenvalue weighted by atomic mass is 16.5. The van der Waals surface area contributed by atoms with Gasteiger partial charge in [0.15, 0.2) is 0 Å². The van der Waals surface area contributed by atoms with Gasteiger partial charge in [0.05, 0.1) is 37.6 Å². The molecule has 0 N–H and O–H groups in total. The Labute approximate surface area is 127 Å². The van der Waals surface area contributed by atoms with Gasteiger partial charge in [-0.05, 0) is 12.1 Å². The number of carbonyl (C=O) groups excluding carboxylic acids is 1. The molecule has 7 heteroatoms. The van der Waals surface area contributed by atoms with Crippen molar-refractivity contribution in [2.45, 2.75) is 6.54 Å². The third-order valence-electron chi connectivity index (χ3n) is 3.70. The van der Waals surface area contributed by atoms with Crippen LogP contribution in [0.4, 0.5) is 0 Å².